The summed E-state index contributed by atoms with van der Waals surface area (Å²) in [5.41, 5.74) is 0. The van der Waals surface area contributed by atoms with E-state index in [2.05, 4.69) is 17.2 Å². The van der Waals surface area contributed by atoms with Gasteiger partial charge in [0.2, 0.25) is 0 Å². The lowest BCUT2D eigenvalue weighted by Crippen LogP contribution is -2.14. The van der Waals surface area contributed by atoms with Crippen molar-refractivity contribution in [2.75, 3.05) is 13.6 Å². The number of likely N-dealkylation sites (N-methyl/N-ethyl adjacent to an activating group) is 1. The number of nitrogens with zero attached hydrogens (tertiary/aromatic N) is 1. The Morgan fingerprint density at radius 3 is 3.10 bits per heavy atom. The molecule has 0 saturated carbocycles. The molecule has 0 fully saturated rings. The average molecular weight is 156 g/mol. The molecular weight excluding hydrogens is 144 g/mol. The third-order valence-corrected chi connectivity index (χ3v) is 2.39. The Balaban J connectivity index is 2.50. The molecule has 1 rings (SSSR count). The minimum atomic E-state index is 0.546. The van der Waals surface area contributed by atoms with Gasteiger partial charge in [-0.05, 0) is 7.05 Å². The minimum absolute atomic E-state index is 0.546. The van der Waals surface area contributed by atoms with Crippen molar-refractivity contribution in [3.05, 3.63) is 16.6 Å². The zero-order chi connectivity index (χ0) is 7.40. The summed E-state index contributed by atoms with van der Waals surface area (Å²) < 4.78 is 0. The van der Waals surface area contributed by atoms with Crippen molar-refractivity contribution in [2.45, 2.75) is 12.8 Å². The number of hydrogen-bond donors (Lipinski definition) is 1. The fourth-order valence-corrected chi connectivity index (χ4v) is 1.57. The maximum atomic E-state index is 4.21. The fourth-order valence-electron chi connectivity index (χ4n) is 0.871. The summed E-state index contributed by atoms with van der Waals surface area (Å²) in [5, 5.41) is 6.35. The molecular formula is C7H12N2S. The molecule has 0 spiro atoms. The van der Waals surface area contributed by atoms with Gasteiger partial charge in [0.25, 0.3) is 0 Å². The molecule has 0 bridgehead atoms. The summed E-state index contributed by atoms with van der Waals surface area (Å²) in [7, 11) is 1.96. The zero-order valence-electron chi connectivity index (χ0n) is 6.29. The van der Waals surface area contributed by atoms with Crippen LogP contribution in [0.15, 0.2) is 11.6 Å². The van der Waals surface area contributed by atoms with Crippen molar-refractivity contribution >= 4 is 11.3 Å². The van der Waals surface area contributed by atoms with E-state index in [1.807, 2.05) is 18.6 Å². The summed E-state index contributed by atoms with van der Waals surface area (Å²) in [6, 6.07) is 0. The number of hydrogen-bond acceptors (Lipinski definition) is 3. The second kappa shape index (κ2) is 3.68. The van der Waals surface area contributed by atoms with Crippen LogP contribution in [0.5, 0.6) is 0 Å². The van der Waals surface area contributed by atoms with Gasteiger partial charge in [-0.1, -0.05) is 6.92 Å². The molecule has 10 heavy (non-hydrogen) atoms. The molecule has 0 unspecified atom stereocenters. The largest absolute Gasteiger partial charge is 0.319 e. The van der Waals surface area contributed by atoms with Crippen LogP contribution in [0, 0.1) is 0 Å². The average Bonchev–Trinajstić information content (AvgIpc) is 2.38. The zero-order valence-corrected chi connectivity index (χ0v) is 7.11. The third-order valence-electron chi connectivity index (χ3n) is 1.38. The van der Waals surface area contributed by atoms with E-state index in [9.17, 15) is 0 Å². The van der Waals surface area contributed by atoms with Crippen LogP contribution in [0.25, 0.3) is 0 Å². The Kier molecular flexibility index (Phi) is 2.83. The molecule has 1 N–H and O–H groups in total. The number of rotatable bonds is 3. The molecule has 1 aromatic heterocycles. The van der Waals surface area contributed by atoms with Gasteiger partial charge in [0.15, 0.2) is 0 Å². The second-order valence-corrected chi connectivity index (χ2v) is 3.26. The molecule has 1 aromatic rings. The van der Waals surface area contributed by atoms with Crippen LogP contribution in [0.1, 0.15) is 17.8 Å². The molecule has 56 valence electrons. The SMILES string of the molecule is CNC[C@@H](C)c1nccs1. The maximum absolute atomic E-state index is 4.21. The molecule has 1 heterocycles. The molecule has 0 aliphatic carbocycles. The highest BCUT2D eigenvalue weighted by Crippen LogP contribution is 2.15. The quantitative estimate of drug-likeness (QED) is 0.716. The van der Waals surface area contributed by atoms with Gasteiger partial charge in [0.05, 0.1) is 5.01 Å². The fraction of sp³-hybridized carbons (Fsp3) is 0.571. The van der Waals surface area contributed by atoms with Crippen molar-refractivity contribution in [1.82, 2.24) is 10.3 Å². The van der Waals surface area contributed by atoms with Crippen LogP contribution in [0.4, 0.5) is 0 Å². The lowest BCUT2D eigenvalue weighted by atomic mass is 10.2. The van der Waals surface area contributed by atoms with Crippen LogP contribution < -0.4 is 5.32 Å². The molecule has 0 saturated heterocycles. The lowest BCUT2D eigenvalue weighted by Gasteiger charge is -2.04. The standard InChI is InChI=1S/C7H12N2S/c1-6(5-8-2)7-9-3-4-10-7/h3-4,6,8H,5H2,1-2H3/t6-/m1/s1. The van der Waals surface area contributed by atoms with E-state index in [1.54, 1.807) is 11.3 Å². The van der Waals surface area contributed by atoms with Gasteiger partial charge < -0.3 is 5.32 Å². The number of thiazole rings is 1. The first kappa shape index (κ1) is 7.69. The van der Waals surface area contributed by atoms with Crippen LogP contribution in [0.2, 0.25) is 0 Å². The van der Waals surface area contributed by atoms with Gasteiger partial charge in [-0.3, -0.25) is 0 Å². The third kappa shape index (κ3) is 1.78. The molecule has 0 aromatic carbocycles. The molecule has 3 heteroatoms. The van der Waals surface area contributed by atoms with E-state index in [1.165, 1.54) is 5.01 Å². The van der Waals surface area contributed by atoms with Gasteiger partial charge in [0.1, 0.15) is 0 Å². The monoisotopic (exact) mass is 156 g/mol. The topological polar surface area (TPSA) is 24.9 Å². The Bertz CT molecular complexity index is 172. The first-order chi connectivity index (χ1) is 4.84. The van der Waals surface area contributed by atoms with E-state index in [0.717, 1.165) is 6.54 Å². The van der Waals surface area contributed by atoms with Crippen LogP contribution in [-0.4, -0.2) is 18.6 Å². The Morgan fingerprint density at radius 1 is 1.80 bits per heavy atom. The lowest BCUT2D eigenvalue weighted by molar-refractivity contribution is 0.674. The van der Waals surface area contributed by atoms with Gasteiger partial charge in [-0.2, -0.15) is 0 Å². The first-order valence-corrected chi connectivity index (χ1v) is 4.26. The molecule has 0 amide bonds. The van der Waals surface area contributed by atoms with Crippen molar-refractivity contribution in [1.29, 1.82) is 0 Å². The highest BCUT2D eigenvalue weighted by atomic mass is 32.1. The van der Waals surface area contributed by atoms with Crippen LogP contribution in [0.3, 0.4) is 0 Å². The summed E-state index contributed by atoms with van der Waals surface area (Å²) in [6.07, 6.45) is 1.85. The molecule has 1 atom stereocenters. The first-order valence-electron chi connectivity index (χ1n) is 3.38. The van der Waals surface area contributed by atoms with Gasteiger partial charge >= 0.3 is 0 Å². The molecule has 2 nitrogen and oxygen atoms in total. The molecule has 0 aliphatic heterocycles. The Labute approximate surface area is 65.3 Å². The van der Waals surface area contributed by atoms with Crippen molar-refractivity contribution in [3.8, 4) is 0 Å². The van der Waals surface area contributed by atoms with Gasteiger partial charge in [-0.15, -0.1) is 11.3 Å². The van der Waals surface area contributed by atoms with E-state index in [-0.39, 0.29) is 0 Å². The van der Waals surface area contributed by atoms with E-state index >= 15 is 0 Å². The number of aromatic nitrogens is 1. The van der Waals surface area contributed by atoms with Crippen molar-refractivity contribution < 1.29 is 0 Å². The van der Waals surface area contributed by atoms with Crippen LogP contribution in [-0.2, 0) is 0 Å². The normalized spacial score (nSPS) is 13.4. The molecule has 0 aliphatic rings. The smallest absolute Gasteiger partial charge is 0.0965 e. The van der Waals surface area contributed by atoms with Gasteiger partial charge in [-0.25, -0.2) is 4.98 Å². The predicted octanol–water partition coefficient (Wildman–Crippen LogP) is 1.47. The summed E-state index contributed by atoms with van der Waals surface area (Å²) in [4.78, 5) is 4.21. The minimum Gasteiger partial charge on any atom is -0.319 e. The van der Waals surface area contributed by atoms with Crippen LogP contribution >= 0.6 is 11.3 Å². The predicted molar refractivity (Wildman–Crippen MR) is 44.5 cm³/mol. The number of nitrogens with one attached hydrogen (secondary N) is 1. The summed E-state index contributed by atoms with van der Waals surface area (Å²) in [6.45, 7) is 3.18. The Morgan fingerprint density at radius 2 is 2.60 bits per heavy atom. The maximum Gasteiger partial charge on any atom is 0.0965 e. The molecule has 0 radical (unpaired) electrons. The van der Waals surface area contributed by atoms with Gasteiger partial charge in [0, 0.05) is 24.0 Å². The van der Waals surface area contributed by atoms with E-state index < -0.39 is 0 Å². The Hall–Kier alpha value is -0.410. The van der Waals surface area contributed by atoms with E-state index in [4.69, 9.17) is 0 Å². The van der Waals surface area contributed by atoms with Crippen molar-refractivity contribution in [3.63, 3.8) is 0 Å². The van der Waals surface area contributed by atoms with E-state index in [0.29, 0.717) is 5.92 Å². The summed E-state index contributed by atoms with van der Waals surface area (Å²) >= 11 is 1.72. The highest BCUT2D eigenvalue weighted by molar-refractivity contribution is 7.09. The highest BCUT2D eigenvalue weighted by Gasteiger charge is 2.04. The van der Waals surface area contributed by atoms with Crippen molar-refractivity contribution in [2.24, 2.45) is 0 Å². The summed E-state index contributed by atoms with van der Waals surface area (Å²) in [5.74, 6) is 0.546. The second-order valence-electron chi connectivity index (χ2n) is 2.33.